The Balaban J connectivity index is 1.63. The van der Waals surface area contributed by atoms with Crippen LogP contribution >= 0.6 is 0 Å². The zero-order valence-electron chi connectivity index (χ0n) is 13.6. The molecule has 0 amide bonds. The molecule has 0 aliphatic heterocycles. The maximum absolute atomic E-state index is 13.9. The summed E-state index contributed by atoms with van der Waals surface area (Å²) in [5, 5.41) is 0. The standard InChI is InChI=1S/C19H19F2NO2S/c20-16-7-8-18(17(21)11-16)25(23,24)22-19-14-5-6-15(19)10-13-4-2-1-3-12(13)9-14/h1-4,7-8,11,14-15,19,22H,5-6,9-10H2. The van der Waals surface area contributed by atoms with E-state index in [2.05, 4.69) is 16.9 Å². The molecular formula is C19H19F2NO2S. The second-order valence-electron chi connectivity index (χ2n) is 7.00. The van der Waals surface area contributed by atoms with Crippen molar-refractivity contribution < 1.29 is 17.2 Å². The molecule has 2 unspecified atom stereocenters. The third-order valence-corrected chi connectivity index (χ3v) is 6.97. The van der Waals surface area contributed by atoms with Gasteiger partial charge in [0.2, 0.25) is 10.0 Å². The van der Waals surface area contributed by atoms with Crippen LogP contribution in [0.5, 0.6) is 0 Å². The van der Waals surface area contributed by atoms with E-state index in [9.17, 15) is 17.2 Å². The fourth-order valence-corrected chi connectivity index (χ4v) is 5.71. The lowest BCUT2D eigenvalue weighted by atomic mass is 9.94. The van der Waals surface area contributed by atoms with Crippen LogP contribution in [0.25, 0.3) is 0 Å². The molecule has 0 spiro atoms. The van der Waals surface area contributed by atoms with Crippen LogP contribution in [0, 0.1) is 23.5 Å². The molecule has 0 aromatic heterocycles. The van der Waals surface area contributed by atoms with Crippen molar-refractivity contribution >= 4 is 10.0 Å². The zero-order valence-corrected chi connectivity index (χ0v) is 14.4. The normalized spacial score (nSPS) is 25.4. The van der Waals surface area contributed by atoms with Crippen molar-refractivity contribution in [3.05, 3.63) is 65.2 Å². The van der Waals surface area contributed by atoms with Gasteiger partial charge in [0.25, 0.3) is 0 Å². The fourth-order valence-electron chi connectivity index (χ4n) is 4.28. The summed E-state index contributed by atoms with van der Waals surface area (Å²) in [5.41, 5.74) is 2.54. The molecular weight excluding hydrogens is 344 g/mol. The minimum absolute atomic E-state index is 0.201. The van der Waals surface area contributed by atoms with Crippen molar-refractivity contribution in [2.45, 2.75) is 36.6 Å². The Morgan fingerprint density at radius 3 is 2.08 bits per heavy atom. The maximum atomic E-state index is 13.9. The highest BCUT2D eigenvalue weighted by Gasteiger charge is 2.41. The van der Waals surface area contributed by atoms with Gasteiger partial charge in [0.05, 0.1) is 0 Å². The average molecular weight is 363 g/mol. The second-order valence-corrected chi connectivity index (χ2v) is 8.68. The van der Waals surface area contributed by atoms with E-state index in [1.807, 2.05) is 12.1 Å². The number of halogens is 2. The first-order chi connectivity index (χ1) is 11.9. The molecule has 1 fully saturated rings. The van der Waals surface area contributed by atoms with Gasteiger partial charge in [-0.25, -0.2) is 21.9 Å². The van der Waals surface area contributed by atoms with E-state index in [-0.39, 0.29) is 17.9 Å². The Kier molecular flexibility index (Phi) is 4.12. The van der Waals surface area contributed by atoms with Gasteiger partial charge >= 0.3 is 0 Å². The molecule has 0 heterocycles. The molecule has 2 aromatic carbocycles. The molecule has 2 bridgehead atoms. The first kappa shape index (κ1) is 16.7. The highest BCUT2D eigenvalue weighted by Crippen LogP contribution is 2.40. The summed E-state index contributed by atoms with van der Waals surface area (Å²) >= 11 is 0. The van der Waals surface area contributed by atoms with Crippen LogP contribution in [0.2, 0.25) is 0 Å². The van der Waals surface area contributed by atoms with Crippen molar-refractivity contribution in [1.29, 1.82) is 0 Å². The van der Waals surface area contributed by atoms with Crippen molar-refractivity contribution in [1.82, 2.24) is 4.72 Å². The Morgan fingerprint density at radius 2 is 1.52 bits per heavy atom. The van der Waals surface area contributed by atoms with E-state index < -0.39 is 26.6 Å². The van der Waals surface area contributed by atoms with Gasteiger partial charge in [-0.05, 0) is 60.8 Å². The van der Waals surface area contributed by atoms with Crippen LogP contribution in [0.15, 0.2) is 47.4 Å². The predicted molar refractivity (Wildman–Crippen MR) is 90.5 cm³/mol. The quantitative estimate of drug-likeness (QED) is 0.908. The number of benzene rings is 2. The second kappa shape index (κ2) is 6.18. The molecule has 2 atom stereocenters. The summed E-state index contributed by atoms with van der Waals surface area (Å²) in [7, 11) is -4.03. The Bertz CT molecular complexity index is 880. The minimum Gasteiger partial charge on any atom is -0.207 e. The number of hydrogen-bond donors (Lipinski definition) is 1. The molecule has 132 valence electrons. The van der Waals surface area contributed by atoms with E-state index in [0.29, 0.717) is 6.07 Å². The van der Waals surface area contributed by atoms with Gasteiger partial charge in [-0.1, -0.05) is 24.3 Å². The summed E-state index contributed by atoms with van der Waals surface area (Å²) in [5.74, 6) is -1.45. The van der Waals surface area contributed by atoms with Crippen LogP contribution in [0.4, 0.5) is 8.78 Å². The lowest BCUT2D eigenvalue weighted by molar-refractivity contribution is 0.385. The molecule has 1 saturated carbocycles. The molecule has 2 aliphatic carbocycles. The van der Waals surface area contributed by atoms with Gasteiger partial charge in [-0.15, -0.1) is 0 Å². The Hall–Kier alpha value is -1.79. The third kappa shape index (κ3) is 3.09. The number of sulfonamides is 1. The lowest BCUT2D eigenvalue weighted by Crippen LogP contribution is -2.42. The highest BCUT2D eigenvalue weighted by atomic mass is 32.2. The van der Waals surface area contributed by atoms with Gasteiger partial charge < -0.3 is 0 Å². The molecule has 3 nitrogen and oxygen atoms in total. The maximum Gasteiger partial charge on any atom is 0.243 e. The SMILES string of the molecule is O=S(=O)(NC1C2CCC1Cc1ccccc1C2)c1ccc(F)cc1F. The molecule has 0 saturated heterocycles. The van der Waals surface area contributed by atoms with E-state index >= 15 is 0 Å². The van der Waals surface area contributed by atoms with Crippen LogP contribution in [0.1, 0.15) is 24.0 Å². The zero-order chi connectivity index (χ0) is 17.6. The van der Waals surface area contributed by atoms with Gasteiger partial charge in [0.15, 0.2) is 0 Å². The Morgan fingerprint density at radius 1 is 0.920 bits per heavy atom. The van der Waals surface area contributed by atoms with E-state index in [1.165, 1.54) is 11.1 Å². The summed E-state index contributed by atoms with van der Waals surface area (Å²) in [6, 6.07) is 10.5. The van der Waals surface area contributed by atoms with Crippen molar-refractivity contribution in [3.63, 3.8) is 0 Å². The Labute approximate surface area is 146 Å². The number of fused-ring (bicyclic) bond motifs is 3. The van der Waals surface area contributed by atoms with Crippen LogP contribution in [-0.2, 0) is 22.9 Å². The highest BCUT2D eigenvalue weighted by molar-refractivity contribution is 7.89. The van der Waals surface area contributed by atoms with Crippen molar-refractivity contribution in [2.24, 2.45) is 11.8 Å². The number of hydrogen-bond acceptors (Lipinski definition) is 2. The molecule has 0 radical (unpaired) electrons. The van der Waals surface area contributed by atoms with Crippen molar-refractivity contribution in [3.8, 4) is 0 Å². The molecule has 2 aromatic rings. The van der Waals surface area contributed by atoms with E-state index in [0.717, 1.165) is 37.8 Å². The van der Waals surface area contributed by atoms with E-state index in [1.54, 1.807) is 0 Å². The summed E-state index contributed by atoms with van der Waals surface area (Å²) < 4.78 is 55.1. The average Bonchev–Trinajstić information content (AvgIpc) is 2.81. The molecule has 2 aliphatic rings. The monoisotopic (exact) mass is 363 g/mol. The summed E-state index contributed by atoms with van der Waals surface area (Å²) in [6.07, 6.45) is 3.56. The topological polar surface area (TPSA) is 46.2 Å². The van der Waals surface area contributed by atoms with Gasteiger partial charge in [-0.2, -0.15) is 0 Å². The molecule has 4 rings (SSSR count). The van der Waals surface area contributed by atoms with Gasteiger partial charge in [-0.3, -0.25) is 0 Å². The van der Waals surface area contributed by atoms with Gasteiger partial charge in [0.1, 0.15) is 16.5 Å². The largest absolute Gasteiger partial charge is 0.243 e. The fraction of sp³-hybridized carbons (Fsp3) is 0.368. The lowest BCUT2D eigenvalue weighted by Gasteiger charge is -2.23. The van der Waals surface area contributed by atoms with E-state index in [4.69, 9.17) is 0 Å². The number of nitrogens with one attached hydrogen (secondary N) is 1. The van der Waals surface area contributed by atoms with Crippen molar-refractivity contribution in [2.75, 3.05) is 0 Å². The smallest absolute Gasteiger partial charge is 0.207 e. The minimum atomic E-state index is -4.03. The predicted octanol–water partition coefficient (Wildman–Crippen LogP) is 3.44. The van der Waals surface area contributed by atoms with Crippen LogP contribution in [-0.4, -0.2) is 14.5 Å². The first-order valence-electron chi connectivity index (χ1n) is 8.48. The molecule has 6 heteroatoms. The van der Waals surface area contributed by atoms with Crippen LogP contribution < -0.4 is 4.72 Å². The molecule has 1 N–H and O–H groups in total. The number of rotatable bonds is 3. The first-order valence-corrected chi connectivity index (χ1v) is 9.96. The van der Waals surface area contributed by atoms with Gasteiger partial charge in [0, 0.05) is 12.1 Å². The van der Waals surface area contributed by atoms with Crippen LogP contribution in [0.3, 0.4) is 0 Å². The summed E-state index contributed by atoms with van der Waals surface area (Å²) in [4.78, 5) is -0.491. The molecule has 25 heavy (non-hydrogen) atoms. The third-order valence-electron chi connectivity index (χ3n) is 5.48. The summed E-state index contributed by atoms with van der Waals surface area (Å²) in [6.45, 7) is 0.